The number of hydrogen-bond acceptors (Lipinski definition) is 4. The monoisotopic (exact) mass is 220 g/mol. The van der Waals surface area contributed by atoms with Crippen molar-refractivity contribution in [1.82, 2.24) is 9.88 Å². The molecule has 1 unspecified atom stereocenters. The third-order valence-corrected chi connectivity index (χ3v) is 2.80. The molecule has 0 aliphatic carbocycles. The van der Waals surface area contributed by atoms with Crippen LogP contribution in [0.3, 0.4) is 0 Å². The van der Waals surface area contributed by atoms with Crippen molar-refractivity contribution in [2.24, 2.45) is 0 Å². The molecule has 1 saturated heterocycles. The van der Waals surface area contributed by atoms with E-state index >= 15 is 0 Å². The van der Waals surface area contributed by atoms with E-state index in [-0.39, 0.29) is 11.8 Å². The number of aromatic nitrogens is 1. The second-order valence-electron chi connectivity index (χ2n) is 3.95. The lowest BCUT2D eigenvalue weighted by atomic mass is 10.0. The number of pyridine rings is 1. The highest BCUT2D eigenvalue weighted by molar-refractivity contribution is 5.82. The van der Waals surface area contributed by atoms with E-state index in [9.17, 15) is 4.79 Å². The van der Waals surface area contributed by atoms with Gasteiger partial charge in [-0.1, -0.05) is 6.07 Å². The lowest BCUT2D eigenvalue weighted by Crippen LogP contribution is -2.41. The Morgan fingerprint density at radius 1 is 1.50 bits per heavy atom. The molecular formula is C12H16N2O2. The molecule has 86 valence electrons. The molecule has 1 aliphatic rings. The zero-order chi connectivity index (χ0) is 11.4. The van der Waals surface area contributed by atoms with Gasteiger partial charge in [0.25, 0.3) is 0 Å². The second-order valence-corrected chi connectivity index (χ2v) is 3.95. The molecule has 1 aromatic heterocycles. The normalized spacial score (nSPS) is 19.3. The summed E-state index contributed by atoms with van der Waals surface area (Å²) in [5.41, 5.74) is 0.969. The molecule has 4 nitrogen and oxygen atoms in total. The number of carbonyl (C=O) groups excluding carboxylic acids is 1. The van der Waals surface area contributed by atoms with Crippen molar-refractivity contribution < 1.29 is 9.53 Å². The summed E-state index contributed by atoms with van der Waals surface area (Å²) >= 11 is 0. The van der Waals surface area contributed by atoms with Crippen LogP contribution in [0.1, 0.15) is 18.5 Å². The minimum absolute atomic E-state index is 0.162. The van der Waals surface area contributed by atoms with Crippen LogP contribution in [-0.2, 0) is 9.53 Å². The predicted octanol–water partition coefficient (Wildman–Crippen LogP) is 1.04. The number of morpholine rings is 1. The van der Waals surface area contributed by atoms with Crippen LogP contribution in [0.2, 0.25) is 0 Å². The molecule has 0 bridgehead atoms. The molecule has 0 amide bonds. The summed E-state index contributed by atoms with van der Waals surface area (Å²) in [6.07, 6.45) is 3.49. The van der Waals surface area contributed by atoms with Gasteiger partial charge in [0, 0.05) is 25.5 Å². The van der Waals surface area contributed by atoms with Crippen molar-refractivity contribution in [1.29, 1.82) is 0 Å². The van der Waals surface area contributed by atoms with Gasteiger partial charge < -0.3 is 4.74 Å². The number of Topliss-reactive ketones (excluding diaryl/α,β-unsaturated/α-hetero) is 1. The Morgan fingerprint density at radius 3 is 2.81 bits per heavy atom. The molecule has 0 saturated carbocycles. The quantitative estimate of drug-likeness (QED) is 0.763. The van der Waals surface area contributed by atoms with E-state index in [0.29, 0.717) is 13.2 Å². The largest absolute Gasteiger partial charge is 0.379 e. The van der Waals surface area contributed by atoms with E-state index < -0.39 is 0 Å². The fourth-order valence-electron chi connectivity index (χ4n) is 2.08. The summed E-state index contributed by atoms with van der Waals surface area (Å²) in [5.74, 6) is 0.162. The molecular weight excluding hydrogens is 204 g/mol. The highest BCUT2D eigenvalue weighted by Gasteiger charge is 2.26. The molecule has 16 heavy (non-hydrogen) atoms. The number of carbonyl (C=O) groups is 1. The first-order valence-electron chi connectivity index (χ1n) is 5.51. The molecule has 2 rings (SSSR count). The van der Waals surface area contributed by atoms with Gasteiger partial charge in [0.1, 0.15) is 0 Å². The molecule has 0 N–H and O–H groups in total. The number of ketones is 1. The molecule has 1 fully saturated rings. The molecule has 4 heteroatoms. The topological polar surface area (TPSA) is 42.4 Å². The third-order valence-electron chi connectivity index (χ3n) is 2.80. The van der Waals surface area contributed by atoms with Gasteiger partial charge in [-0.05, 0) is 18.6 Å². The van der Waals surface area contributed by atoms with E-state index in [1.807, 2.05) is 12.1 Å². The van der Waals surface area contributed by atoms with Gasteiger partial charge in [-0.3, -0.25) is 14.7 Å². The third kappa shape index (κ3) is 2.46. The maximum absolute atomic E-state index is 11.7. The van der Waals surface area contributed by atoms with E-state index in [4.69, 9.17) is 4.74 Å². The van der Waals surface area contributed by atoms with Gasteiger partial charge in [0.15, 0.2) is 5.78 Å². The van der Waals surface area contributed by atoms with E-state index in [0.717, 1.165) is 18.7 Å². The Bertz CT molecular complexity index is 347. The van der Waals surface area contributed by atoms with Crippen molar-refractivity contribution in [2.75, 3.05) is 26.3 Å². The molecule has 2 heterocycles. The lowest BCUT2D eigenvalue weighted by molar-refractivity contribution is -0.124. The minimum atomic E-state index is -0.169. The van der Waals surface area contributed by atoms with Crippen molar-refractivity contribution in [3.8, 4) is 0 Å². The van der Waals surface area contributed by atoms with Gasteiger partial charge >= 0.3 is 0 Å². The summed E-state index contributed by atoms with van der Waals surface area (Å²) in [6, 6.07) is 3.65. The van der Waals surface area contributed by atoms with Crippen LogP contribution in [0.15, 0.2) is 24.5 Å². The Morgan fingerprint density at radius 2 is 2.25 bits per heavy atom. The molecule has 0 radical (unpaired) electrons. The molecule has 0 aromatic carbocycles. The average Bonchev–Trinajstić information content (AvgIpc) is 2.31. The Kier molecular flexibility index (Phi) is 3.64. The lowest BCUT2D eigenvalue weighted by Gasteiger charge is -2.32. The highest BCUT2D eigenvalue weighted by Crippen LogP contribution is 2.21. The molecule has 1 atom stereocenters. The highest BCUT2D eigenvalue weighted by atomic mass is 16.5. The SMILES string of the molecule is CC(=O)C(c1cccnc1)N1CCOCC1. The average molecular weight is 220 g/mol. The van der Waals surface area contributed by atoms with Gasteiger partial charge in [-0.2, -0.15) is 0 Å². The smallest absolute Gasteiger partial charge is 0.151 e. The van der Waals surface area contributed by atoms with Crippen LogP contribution in [0.5, 0.6) is 0 Å². The van der Waals surface area contributed by atoms with Crippen LogP contribution in [0.4, 0.5) is 0 Å². The van der Waals surface area contributed by atoms with Crippen molar-refractivity contribution in [3.63, 3.8) is 0 Å². The van der Waals surface area contributed by atoms with Crippen molar-refractivity contribution in [3.05, 3.63) is 30.1 Å². The fourth-order valence-corrected chi connectivity index (χ4v) is 2.08. The van der Waals surface area contributed by atoms with Gasteiger partial charge in [-0.25, -0.2) is 0 Å². The van der Waals surface area contributed by atoms with Crippen LogP contribution in [0.25, 0.3) is 0 Å². The van der Waals surface area contributed by atoms with E-state index in [1.54, 1.807) is 19.3 Å². The van der Waals surface area contributed by atoms with Crippen LogP contribution in [0, 0.1) is 0 Å². The van der Waals surface area contributed by atoms with Crippen LogP contribution in [-0.4, -0.2) is 42.0 Å². The van der Waals surface area contributed by atoms with Crippen molar-refractivity contribution >= 4 is 5.78 Å². The van der Waals surface area contributed by atoms with Crippen LogP contribution < -0.4 is 0 Å². The standard InChI is InChI=1S/C12H16N2O2/c1-10(15)12(11-3-2-4-13-9-11)14-5-7-16-8-6-14/h2-4,9,12H,5-8H2,1H3. The first-order valence-corrected chi connectivity index (χ1v) is 5.51. The zero-order valence-corrected chi connectivity index (χ0v) is 9.43. The minimum Gasteiger partial charge on any atom is -0.379 e. The molecule has 0 spiro atoms. The zero-order valence-electron chi connectivity index (χ0n) is 9.43. The molecule has 1 aliphatic heterocycles. The summed E-state index contributed by atoms with van der Waals surface area (Å²) in [5, 5.41) is 0. The Balaban J connectivity index is 2.20. The number of hydrogen-bond donors (Lipinski definition) is 0. The predicted molar refractivity (Wildman–Crippen MR) is 60.1 cm³/mol. The first kappa shape index (κ1) is 11.2. The van der Waals surface area contributed by atoms with E-state index in [2.05, 4.69) is 9.88 Å². The van der Waals surface area contributed by atoms with Crippen molar-refractivity contribution in [2.45, 2.75) is 13.0 Å². The Hall–Kier alpha value is -1.26. The molecule has 1 aromatic rings. The van der Waals surface area contributed by atoms with Crippen LogP contribution >= 0.6 is 0 Å². The fraction of sp³-hybridized carbons (Fsp3) is 0.500. The summed E-state index contributed by atoms with van der Waals surface area (Å²) in [7, 11) is 0. The number of rotatable bonds is 3. The summed E-state index contributed by atoms with van der Waals surface area (Å²) < 4.78 is 5.30. The maximum atomic E-state index is 11.7. The van der Waals surface area contributed by atoms with Gasteiger partial charge in [0.2, 0.25) is 0 Å². The van der Waals surface area contributed by atoms with Gasteiger partial charge in [0.05, 0.1) is 19.3 Å². The van der Waals surface area contributed by atoms with Gasteiger partial charge in [-0.15, -0.1) is 0 Å². The van der Waals surface area contributed by atoms with E-state index in [1.165, 1.54) is 0 Å². The summed E-state index contributed by atoms with van der Waals surface area (Å²) in [6.45, 7) is 4.64. The number of nitrogens with zero attached hydrogens (tertiary/aromatic N) is 2. The first-order chi connectivity index (χ1) is 7.79. The summed E-state index contributed by atoms with van der Waals surface area (Å²) in [4.78, 5) is 18.0. The maximum Gasteiger partial charge on any atom is 0.151 e. The number of ether oxygens (including phenoxy) is 1. The second kappa shape index (κ2) is 5.18. The Labute approximate surface area is 95.2 Å².